The summed E-state index contributed by atoms with van der Waals surface area (Å²) in [5.41, 5.74) is 1.69. The number of allylic oxidation sites excluding steroid dienone is 2. The van der Waals surface area contributed by atoms with Crippen LogP contribution in [-0.2, 0) is 9.78 Å². The van der Waals surface area contributed by atoms with Gasteiger partial charge in [0.1, 0.15) is 5.60 Å². The lowest BCUT2D eigenvalue weighted by molar-refractivity contribution is -0.301. The van der Waals surface area contributed by atoms with Gasteiger partial charge >= 0.3 is 0 Å². The molecule has 0 N–H and O–H groups in total. The van der Waals surface area contributed by atoms with E-state index in [-0.39, 0.29) is 5.60 Å². The molecule has 0 aromatic rings. The van der Waals surface area contributed by atoms with Gasteiger partial charge in [-0.25, -0.2) is 9.78 Å². The molecule has 0 radical (unpaired) electrons. The van der Waals surface area contributed by atoms with Crippen LogP contribution in [0.5, 0.6) is 0 Å². The largest absolute Gasteiger partial charge is 0.236 e. The summed E-state index contributed by atoms with van der Waals surface area (Å²) >= 11 is 0. The summed E-state index contributed by atoms with van der Waals surface area (Å²) in [4.78, 5) is 10.9. The summed E-state index contributed by atoms with van der Waals surface area (Å²) in [5.74, 6) is 0. The number of hydrogen-bond donors (Lipinski definition) is 0. The van der Waals surface area contributed by atoms with Crippen molar-refractivity contribution in [2.75, 3.05) is 6.61 Å². The molecule has 1 fully saturated rings. The summed E-state index contributed by atoms with van der Waals surface area (Å²) in [6.07, 6.45) is 10.9. The molecule has 1 heterocycles. The molecule has 2 aliphatic rings. The van der Waals surface area contributed by atoms with Gasteiger partial charge < -0.3 is 0 Å². The Labute approximate surface area is 105 Å². The molecule has 0 amide bonds. The van der Waals surface area contributed by atoms with Gasteiger partial charge in [0.2, 0.25) is 0 Å². The highest BCUT2D eigenvalue weighted by Crippen LogP contribution is 2.45. The third-order valence-electron chi connectivity index (χ3n) is 4.03. The van der Waals surface area contributed by atoms with Crippen LogP contribution in [-0.4, -0.2) is 12.2 Å². The molecule has 0 aromatic carbocycles. The topological polar surface area (TPSA) is 18.5 Å². The summed E-state index contributed by atoms with van der Waals surface area (Å²) in [6.45, 7) is 9.22. The molecule has 0 saturated carbocycles. The molecule has 1 saturated heterocycles. The van der Waals surface area contributed by atoms with Crippen molar-refractivity contribution in [2.45, 2.75) is 58.0 Å². The van der Waals surface area contributed by atoms with Gasteiger partial charge in [0.15, 0.2) is 0 Å². The van der Waals surface area contributed by atoms with Crippen LogP contribution in [0.2, 0.25) is 0 Å². The molecule has 0 bridgehead atoms. The first-order chi connectivity index (χ1) is 8.08. The highest BCUT2D eigenvalue weighted by atomic mass is 17.2. The molecule has 0 aromatic heterocycles. The number of hydrogen-bond acceptors (Lipinski definition) is 2. The maximum absolute atomic E-state index is 5.66. The van der Waals surface area contributed by atoms with E-state index in [1.54, 1.807) is 0 Å². The second kappa shape index (κ2) is 4.95. The second-order valence-electron chi connectivity index (χ2n) is 6.09. The lowest BCUT2D eigenvalue weighted by Gasteiger charge is -2.37. The van der Waals surface area contributed by atoms with E-state index in [1.165, 1.54) is 18.4 Å². The summed E-state index contributed by atoms with van der Waals surface area (Å²) in [7, 11) is 0. The Kier molecular flexibility index (Phi) is 3.74. The van der Waals surface area contributed by atoms with Crippen LogP contribution in [0.15, 0.2) is 24.3 Å². The van der Waals surface area contributed by atoms with Crippen molar-refractivity contribution < 1.29 is 9.78 Å². The Morgan fingerprint density at radius 1 is 1.41 bits per heavy atom. The first-order valence-electron chi connectivity index (χ1n) is 6.69. The molecule has 0 spiro atoms. The van der Waals surface area contributed by atoms with E-state index in [2.05, 4.69) is 26.5 Å². The Bertz CT molecular complexity index is 309. The van der Waals surface area contributed by atoms with Gasteiger partial charge in [-0.15, -0.1) is 6.58 Å². The average molecular weight is 236 g/mol. The molecule has 1 aliphatic carbocycles. The van der Waals surface area contributed by atoms with Crippen molar-refractivity contribution in [3.8, 4) is 0 Å². The minimum absolute atomic E-state index is 0.161. The second-order valence-corrected chi connectivity index (χ2v) is 6.09. The minimum atomic E-state index is -0.161. The minimum Gasteiger partial charge on any atom is -0.236 e. The van der Waals surface area contributed by atoms with Crippen molar-refractivity contribution in [1.29, 1.82) is 0 Å². The zero-order valence-electron chi connectivity index (χ0n) is 11.1. The van der Waals surface area contributed by atoms with Crippen molar-refractivity contribution in [2.24, 2.45) is 5.41 Å². The third-order valence-corrected chi connectivity index (χ3v) is 4.03. The Balaban J connectivity index is 2.15. The van der Waals surface area contributed by atoms with Gasteiger partial charge in [-0.05, 0) is 43.1 Å². The zero-order chi connectivity index (χ0) is 12.4. The molecular weight excluding hydrogens is 212 g/mol. The molecule has 1 unspecified atom stereocenters. The molecule has 17 heavy (non-hydrogen) atoms. The van der Waals surface area contributed by atoms with E-state index in [4.69, 9.17) is 9.78 Å². The van der Waals surface area contributed by atoms with Crippen molar-refractivity contribution in [3.63, 3.8) is 0 Å². The lowest BCUT2D eigenvalue weighted by Crippen LogP contribution is -2.34. The molecule has 2 nitrogen and oxygen atoms in total. The predicted octanol–water partition coefficient (Wildman–Crippen LogP) is 4.18. The predicted molar refractivity (Wildman–Crippen MR) is 69.5 cm³/mol. The van der Waals surface area contributed by atoms with Gasteiger partial charge in [-0.2, -0.15) is 0 Å². The summed E-state index contributed by atoms with van der Waals surface area (Å²) < 4.78 is 0. The first kappa shape index (κ1) is 12.8. The standard InChI is InChI=1S/C15H24O2/c1-4-5-9-15(10-11-16-17-15)13-7-6-8-14(2,3)12-13/h4,7H,1,5-6,8-12H2,2-3H3. The Morgan fingerprint density at radius 2 is 2.24 bits per heavy atom. The van der Waals surface area contributed by atoms with E-state index >= 15 is 0 Å². The quantitative estimate of drug-likeness (QED) is 0.538. The van der Waals surface area contributed by atoms with Crippen LogP contribution < -0.4 is 0 Å². The number of rotatable bonds is 4. The molecule has 1 atom stereocenters. The SMILES string of the molecule is C=CCCC1(C2=CCCC(C)(C)C2)CCOO1. The fraction of sp³-hybridized carbons (Fsp3) is 0.733. The van der Waals surface area contributed by atoms with Crippen LogP contribution >= 0.6 is 0 Å². The highest BCUT2D eigenvalue weighted by Gasteiger charge is 2.42. The third kappa shape index (κ3) is 2.80. The normalized spacial score (nSPS) is 32.2. The Morgan fingerprint density at radius 3 is 2.82 bits per heavy atom. The zero-order valence-corrected chi connectivity index (χ0v) is 11.1. The highest BCUT2D eigenvalue weighted by molar-refractivity contribution is 5.22. The van der Waals surface area contributed by atoms with E-state index < -0.39 is 0 Å². The fourth-order valence-electron chi connectivity index (χ4n) is 2.94. The first-order valence-corrected chi connectivity index (χ1v) is 6.69. The van der Waals surface area contributed by atoms with E-state index in [0.29, 0.717) is 5.41 Å². The van der Waals surface area contributed by atoms with Gasteiger partial charge in [-0.1, -0.05) is 26.0 Å². The Hall–Kier alpha value is -0.600. The maximum atomic E-state index is 5.66. The molecule has 2 rings (SSSR count). The molecule has 1 aliphatic heterocycles. The van der Waals surface area contributed by atoms with Crippen molar-refractivity contribution in [3.05, 3.63) is 24.3 Å². The van der Waals surface area contributed by atoms with Crippen molar-refractivity contribution in [1.82, 2.24) is 0 Å². The smallest absolute Gasteiger partial charge is 0.127 e. The molecular formula is C15H24O2. The van der Waals surface area contributed by atoms with Crippen LogP contribution in [0, 0.1) is 5.41 Å². The van der Waals surface area contributed by atoms with Crippen LogP contribution in [0.25, 0.3) is 0 Å². The van der Waals surface area contributed by atoms with E-state index in [1.807, 2.05) is 6.08 Å². The molecule has 2 heteroatoms. The van der Waals surface area contributed by atoms with Gasteiger partial charge in [0, 0.05) is 6.42 Å². The lowest BCUT2D eigenvalue weighted by atomic mass is 9.71. The van der Waals surface area contributed by atoms with Crippen LogP contribution in [0.3, 0.4) is 0 Å². The average Bonchev–Trinajstić information content (AvgIpc) is 2.75. The summed E-state index contributed by atoms with van der Waals surface area (Å²) in [6, 6.07) is 0. The van der Waals surface area contributed by atoms with Crippen molar-refractivity contribution >= 4 is 0 Å². The van der Waals surface area contributed by atoms with Gasteiger partial charge in [0.25, 0.3) is 0 Å². The fourth-order valence-corrected chi connectivity index (χ4v) is 2.94. The summed E-state index contributed by atoms with van der Waals surface area (Å²) in [5, 5.41) is 0. The van der Waals surface area contributed by atoms with Gasteiger partial charge in [0.05, 0.1) is 6.61 Å². The van der Waals surface area contributed by atoms with E-state index in [9.17, 15) is 0 Å². The van der Waals surface area contributed by atoms with Gasteiger partial charge in [-0.3, -0.25) is 0 Å². The monoisotopic (exact) mass is 236 g/mol. The van der Waals surface area contributed by atoms with E-state index in [0.717, 1.165) is 32.3 Å². The maximum Gasteiger partial charge on any atom is 0.127 e. The van der Waals surface area contributed by atoms with Crippen LogP contribution in [0.4, 0.5) is 0 Å². The molecule has 96 valence electrons. The van der Waals surface area contributed by atoms with Crippen LogP contribution in [0.1, 0.15) is 52.4 Å².